The van der Waals surface area contributed by atoms with Crippen molar-refractivity contribution in [1.29, 1.82) is 0 Å². The van der Waals surface area contributed by atoms with Crippen LogP contribution in [0.4, 0.5) is 0 Å². The predicted molar refractivity (Wildman–Crippen MR) is 82.0 cm³/mol. The van der Waals surface area contributed by atoms with E-state index < -0.39 is 0 Å². The van der Waals surface area contributed by atoms with Crippen LogP contribution in [0.3, 0.4) is 0 Å². The average molecular weight is 244 g/mol. The molecule has 1 aromatic carbocycles. The summed E-state index contributed by atoms with van der Waals surface area (Å²) in [5.41, 5.74) is 2.94. The number of aryl methyl sites for hydroxylation is 2. The summed E-state index contributed by atoms with van der Waals surface area (Å²) in [7, 11) is 0. The van der Waals surface area contributed by atoms with Crippen molar-refractivity contribution in [3.05, 3.63) is 48.0 Å². The van der Waals surface area contributed by atoms with Crippen molar-refractivity contribution < 1.29 is 0 Å². The van der Waals surface area contributed by atoms with Crippen LogP contribution in [0.1, 0.15) is 63.0 Å². The van der Waals surface area contributed by atoms with Crippen molar-refractivity contribution in [2.75, 3.05) is 0 Å². The average Bonchev–Trinajstić information content (AvgIpc) is 2.42. The molecule has 0 aliphatic rings. The highest BCUT2D eigenvalue weighted by molar-refractivity contribution is 5.22. The Hall–Kier alpha value is -1.04. The molecule has 1 aromatic rings. The zero-order valence-corrected chi connectivity index (χ0v) is 12.0. The van der Waals surface area contributed by atoms with Crippen LogP contribution in [-0.4, -0.2) is 0 Å². The number of hydrogen-bond acceptors (Lipinski definition) is 0. The van der Waals surface area contributed by atoms with E-state index in [2.05, 4.69) is 37.8 Å². The Kier molecular flexibility index (Phi) is 8.29. The number of unbranched alkanes of at least 4 members (excludes halogenated alkanes) is 6. The first-order valence-corrected chi connectivity index (χ1v) is 7.55. The van der Waals surface area contributed by atoms with E-state index in [-0.39, 0.29) is 0 Å². The first-order valence-electron chi connectivity index (χ1n) is 7.55. The Morgan fingerprint density at radius 1 is 0.833 bits per heavy atom. The summed E-state index contributed by atoms with van der Waals surface area (Å²) in [4.78, 5) is 0. The fourth-order valence-corrected chi connectivity index (χ4v) is 2.27. The molecule has 0 saturated heterocycles. The molecular weight excluding hydrogens is 216 g/mol. The third kappa shape index (κ3) is 6.64. The lowest BCUT2D eigenvalue weighted by molar-refractivity contribution is 0.597. The third-order valence-corrected chi connectivity index (χ3v) is 3.55. The normalized spacial score (nSPS) is 10.5. The molecule has 0 radical (unpaired) electrons. The van der Waals surface area contributed by atoms with Gasteiger partial charge in [-0.1, -0.05) is 62.9 Å². The highest BCUT2D eigenvalue weighted by atomic mass is 14.0. The van der Waals surface area contributed by atoms with E-state index in [1.807, 2.05) is 6.08 Å². The predicted octanol–water partition coefficient (Wildman–Crippen LogP) is 5.71. The molecule has 0 saturated carbocycles. The van der Waals surface area contributed by atoms with Gasteiger partial charge in [0, 0.05) is 0 Å². The number of benzene rings is 1. The van der Waals surface area contributed by atoms with Crippen molar-refractivity contribution in [1.82, 2.24) is 0 Å². The lowest BCUT2D eigenvalue weighted by Crippen LogP contribution is -1.87. The molecular formula is C18H28. The first-order chi connectivity index (χ1) is 8.86. The van der Waals surface area contributed by atoms with E-state index in [0.29, 0.717) is 0 Å². The van der Waals surface area contributed by atoms with Crippen molar-refractivity contribution in [2.24, 2.45) is 0 Å². The van der Waals surface area contributed by atoms with Crippen molar-refractivity contribution in [2.45, 2.75) is 64.7 Å². The Balaban J connectivity index is 2.01. The Morgan fingerprint density at radius 2 is 1.39 bits per heavy atom. The highest BCUT2D eigenvalue weighted by Crippen LogP contribution is 2.12. The van der Waals surface area contributed by atoms with Crippen LogP contribution in [0.15, 0.2) is 36.9 Å². The van der Waals surface area contributed by atoms with E-state index >= 15 is 0 Å². The minimum Gasteiger partial charge on any atom is -0.103 e. The molecule has 0 fully saturated rings. The number of hydrogen-bond donors (Lipinski definition) is 0. The zero-order valence-electron chi connectivity index (χ0n) is 12.0. The second kappa shape index (κ2) is 9.94. The molecule has 18 heavy (non-hydrogen) atoms. The molecule has 100 valence electrons. The molecule has 1 rings (SSSR count). The van der Waals surface area contributed by atoms with Crippen LogP contribution in [0, 0.1) is 0 Å². The second-order valence-corrected chi connectivity index (χ2v) is 5.12. The van der Waals surface area contributed by atoms with E-state index in [1.165, 1.54) is 62.5 Å². The van der Waals surface area contributed by atoms with Crippen LogP contribution in [-0.2, 0) is 12.8 Å². The largest absolute Gasteiger partial charge is 0.103 e. The Morgan fingerprint density at radius 3 is 2.00 bits per heavy atom. The van der Waals surface area contributed by atoms with Gasteiger partial charge in [0.2, 0.25) is 0 Å². The van der Waals surface area contributed by atoms with Gasteiger partial charge in [-0.2, -0.15) is 0 Å². The summed E-state index contributed by atoms with van der Waals surface area (Å²) in [5.74, 6) is 0. The monoisotopic (exact) mass is 244 g/mol. The van der Waals surface area contributed by atoms with Crippen LogP contribution >= 0.6 is 0 Å². The molecule has 0 bridgehead atoms. The van der Waals surface area contributed by atoms with Crippen LogP contribution < -0.4 is 0 Å². The van der Waals surface area contributed by atoms with E-state index in [0.717, 1.165) is 6.42 Å². The molecule has 0 atom stereocenters. The molecule has 0 nitrogen and oxygen atoms in total. The van der Waals surface area contributed by atoms with Crippen molar-refractivity contribution in [3.8, 4) is 0 Å². The quantitative estimate of drug-likeness (QED) is 0.365. The van der Waals surface area contributed by atoms with Crippen LogP contribution in [0.5, 0.6) is 0 Å². The molecule has 0 heterocycles. The molecule has 0 aromatic heterocycles. The fourth-order valence-electron chi connectivity index (χ4n) is 2.27. The lowest BCUT2D eigenvalue weighted by Gasteiger charge is -2.03. The maximum atomic E-state index is 3.75. The zero-order chi connectivity index (χ0) is 13.1. The SMILES string of the molecule is C=CCCCCCCCCc1ccc(CC)cc1. The Bertz CT molecular complexity index is 307. The summed E-state index contributed by atoms with van der Waals surface area (Å²) in [5, 5.41) is 0. The summed E-state index contributed by atoms with van der Waals surface area (Å²) < 4.78 is 0. The van der Waals surface area contributed by atoms with Gasteiger partial charge in [-0.3, -0.25) is 0 Å². The van der Waals surface area contributed by atoms with E-state index in [9.17, 15) is 0 Å². The van der Waals surface area contributed by atoms with Gasteiger partial charge in [-0.05, 0) is 43.2 Å². The summed E-state index contributed by atoms with van der Waals surface area (Å²) in [6.45, 7) is 5.96. The molecule has 0 aliphatic carbocycles. The van der Waals surface area contributed by atoms with E-state index in [1.54, 1.807) is 0 Å². The van der Waals surface area contributed by atoms with Crippen LogP contribution in [0.2, 0.25) is 0 Å². The number of rotatable bonds is 10. The van der Waals surface area contributed by atoms with Crippen molar-refractivity contribution in [3.63, 3.8) is 0 Å². The molecule has 0 aliphatic heterocycles. The minimum atomic E-state index is 1.14. The maximum Gasteiger partial charge on any atom is -0.0279 e. The van der Waals surface area contributed by atoms with E-state index in [4.69, 9.17) is 0 Å². The van der Waals surface area contributed by atoms with Gasteiger partial charge in [0.15, 0.2) is 0 Å². The maximum absolute atomic E-state index is 3.75. The summed E-state index contributed by atoms with van der Waals surface area (Å²) in [6, 6.07) is 9.13. The van der Waals surface area contributed by atoms with Gasteiger partial charge < -0.3 is 0 Å². The van der Waals surface area contributed by atoms with Gasteiger partial charge in [0.25, 0.3) is 0 Å². The van der Waals surface area contributed by atoms with Gasteiger partial charge in [0.1, 0.15) is 0 Å². The smallest absolute Gasteiger partial charge is 0.0279 e. The third-order valence-electron chi connectivity index (χ3n) is 3.55. The topological polar surface area (TPSA) is 0 Å². The van der Waals surface area contributed by atoms with Gasteiger partial charge in [-0.25, -0.2) is 0 Å². The molecule has 0 spiro atoms. The van der Waals surface area contributed by atoms with Crippen molar-refractivity contribution >= 4 is 0 Å². The number of allylic oxidation sites excluding steroid dienone is 1. The molecule has 0 unspecified atom stereocenters. The minimum absolute atomic E-state index is 1.14. The molecule has 0 amide bonds. The van der Waals surface area contributed by atoms with Gasteiger partial charge in [0.05, 0.1) is 0 Å². The summed E-state index contributed by atoms with van der Waals surface area (Å²) in [6.07, 6.45) is 13.8. The molecule has 0 heteroatoms. The standard InChI is InChI=1S/C18H28/c1-3-5-6-7-8-9-10-11-12-18-15-13-17(4-2)14-16-18/h3,13-16H,1,4-12H2,2H3. The van der Waals surface area contributed by atoms with Crippen LogP contribution in [0.25, 0.3) is 0 Å². The van der Waals surface area contributed by atoms with Gasteiger partial charge >= 0.3 is 0 Å². The lowest BCUT2D eigenvalue weighted by atomic mass is 10.0. The second-order valence-electron chi connectivity index (χ2n) is 5.12. The summed E-state index contributed by atoms with van der Waals surface area (Å²) >= 11 is 0. The molecule has 0 N–H and O–H groups in total. The highest BCUT2D eigenvalue weighted by Gasteiger charge is 1.95. The van der Waals surface area contributed by atoms with Gasteiger partial charge in [-0.15, -0.1) is 6.58 Å². The Labute approximate surface area is 113 Å². The first kappa shape index (κ1) is 15.0. The fraction of sp³-hybridized carbons (Fsp3) is 0.556.